The summed E-state index contributed by atoms with van der Waals surface area (Å²) in [5.74, 6) is 0. The van der Waals surface area contributed by atoms with Crippen molar-refractivity contribution in [1.29, 1.82) is 0 Å². The summed E-state index contributed by atoms with van der Waals surface area (Å²) in [7, 11) is 0. The molecule has 4 nitrogen and oxygen atoms in total. The number of nitrogens with one attached hydrogen (secondary N) is 1. The van der Waals surface area contributed by atoms with Gasteiger partial charge in [-0.15, -0.1) is 0 Å². The van der Waals surface area contributed by atoms with Crippen molar-refractivity contribution in [3.63, 3.8) is 0 Å². The Labute approximate surface area is 179 Å². The number of aryl methyl sites for hydroxylation is 1. The maximum atomic E-state index is 10.4. The molecule has 0 bridgehead atoms. The maximum absolute atomic E-state index is 10.4. The minimum Gasteiger partial charge on any atom is -0.399 e. The highest BCUT2D eigenvalue weighted by Gasteiger charge is 2.18. The lowest BCUT2D eigenvalue weighted by Crippen LogP contribution is -2.37. The van der Waals surface area contributed by atoms with Crippen LogP contribution in [-0.2, 0) is 0 Å². The topological polar surface area (TPSA) is 78.5 Å². The van der Waals surface area contributed by atoms with Gasteiger partial charge < -0.3 is 21.3 Å². The average Bonchev–Trinajstić information content (AvgIpc) is 2.70. The third kappa shape index (κ3) is 12.1. The molecule has 2 unspecified atom stereocenters. The van der Waals surface area contributed by atoms with Gasteiger partial charge in [-0.05, 0) is 37.1 Å². The Morgan fingerprint density at radius 2 is 1.38 bits per heavy atom. The number of hydrogen-bond acceptors (Lipinski definition) is 4. The van der Waals surface area contributed by atoms with E-state index in [0.717, 1.165) is 36.2 Å². The van der Waals surface area contributed by atoms with Gasteiger partial charge in [-0.1, -0.05) is 90.4 Å². The van der Waals surface area contributed by atoms with E-state index in [9.17, 15) is 10.2 Å². The second-order valence-corrected chi connectivity index (χ2v) is 8.61. The minimum atomic E-state index is -0.537. The normalized spacial score (nSPS) is 13.4. The van der Waals surface area contributed by atoms with Crippen LogP contribution in [0.5, 0.6) is 0 Å². The molecule has 1 rings (SSSR count). The van der Waals surface area contributed by atoms with Crippen molar-refractivity contribution in [2.45, 2.75) is 116 Å². The smallest absolute Gasteiger partial charge is 0.0763 e. The molecule has 2 atom stereocenters. The zero-order valence-corrected chi connectivity index (χ0v) is 19.0. The Morgan fingerprint density at radius 3 is 1.86 bits per heavy atom. The fourth-order valence-electron chi connectivity index (χ4n) is 3.88. The number of nitrogen functional groups attached to an aromatic ring is 1. The molecule has 0 aliphatic carbocycles. The minimum absolute atomic E-state index is 0.0799. The predicted octanol–water partition coefficient (Wildman–Crippen LogP) is 6.19. The Kier molecular flexibility index (Phi) is 14.7. The van der Waals surface area contributed by atoms with Crippen molar-refractivity contribution >= 4 is 11.4 Å². The van der Waals surface area contributed by atoms with Crippen LogP contribution in [0.4, 0.5) is 11.4 Å². The molecule has 0 saturated carbocycles. The van der Waals surface area contributed by atoms with Crippen LogP contribution in [0.2, 0.25) is 0 Å². The van der Waals surface area contributed by atoms with E-state index in [1.165, 1.54) is 70.6 Å². The van der Waals surface area contributed by atoms with Crippen molar-refractivity contribution in [2.24, 2.45) is 0 Å². The summed E-state index contributed by atoms with van der Waals surface area (Å²) in [5.41, 5.74) is 8.45. The van der Waals surface area contributed by atoms with E-state index in [-0.39, 0.29) is 12.6 Å². The second kappa shape index (κ2) is 16.5. The Balaban J connectivity index is 2.05. The number of unbranched alkanes of at least 4 members (excludes halogenated alkanes) is 12. The van der Waals surface area contributed by atoms with Crippen LogP contribution in [0.15, 0.2) is 18.2 Å². The molecule has 0 saturated heterocycles. The van der Waals surface area contributed by atoms with Crippen LogP contribution in [0.3, 0.4) is 0 Å². The Morgan fingerprint density at radius 1 is 0.862 bits per heavy atom. The first-order valence-electron chi connectivity index (χ1n) is 12.0. The highest BCUT2D eigenvalue weighted by Crippen LogP contribution is 2.20. The molecule has 4 heteroatoms. The quantitative estimate of drug-likeness (QED) is 0.173. The summed E-state index contributed by atoms with van der Waals surface area (Å²) < 4.78 is 0. The maximum Gasteiger partial charge on any atom is 0.0763 e. The van der Waals surface area contributed by atoms with Crippen LogP contribution in [-0.4, -0.2) is 29.0 Å². The van der Waals surface area contributed by atoms with Gasteiger partial charge in [0.25, 0.3) is 0 Å². The Bertz CT molecular complexity index is 522. The van der Waals surface area contributed by atoms with Crippen molar-refractivity contribution < 1.29 is 10.2 Å². The van der Waals surface area contributed by atoms with E-state index in [2.05, 4.69) is 12.2 Å². The molecule has 0 heterocycles. The van der Waals surface area contributed by atoms with Gasteiger partial charge in [0.05, 0.1) is 18.8 Å². The molecule has 0 amide bonds. The molecule has 0 radical (unpaired) electrons. The van der Waals surface area contributed by atoms with E-state index in [1.807, 2.05) is 25.1 Å². The van der Waals surface area contributed by atoms with Crippen LogP contribution in [0, 0.1) is 6.92 Å². The van der Waals surface area contributed by atoms with Crippen LogP contribution in [0.25, 0.3) is 0 Å². The van der Waals surface area contributed by atoms with Gasteiger partial charge in [0, 0.05) is 11.4 Å². The molecule has 29 heavy (non-hydrogen) atoms. The molecule has 1 aromatic carbocycles. The summed E-state index contributed by atoms with van der Waals surface area (Å²) in [6.45, 7) is 4.17. The first kappa shape index (κ1) is 25.8. The van der Waals surface area contributed by atoms with Crippen LogP contribution >= 0.6 is 0 Å². The second-order valence-electron chi connectivity index (χ2n) is 8.61. The first-order valence-corrected chi connectivity index (χ1v) is 12.0. The molecule has 168 valence electrons. The molecule has 0 aromatic heterocycles. The lowest BCUT2D eigenvalue weighted by molar-refractivity contribution is 0.107. The van der Waals surface area contributed by atoms with Gasteiger partial charge in [-0.2, -0.15) is 0 Å². The molecule has 5 N–H and O–H groups in total. The summed E-state index contributed by atoms with van der Waals surface area (Å²) in [6.07, 6.45) is 17.4. The Hall–Kier alpha value is -1.26. The monoisotopic (exact) mass is 406 g/mol. The van der Waals surface area contributed by atoms with Crippen LogP contribution < -0.4 is 11.1 Å². The van der Waals surface area contributed by atoms with Gasteiger partial charge in [-0.3, -0.25) is 0 Å². The molecular formula is C25H46N2O2. The van der Waals surface area contributed by atoms with Gasteiger partial charge in [0.1, 0.15) is 0 Å². The van der Waals surface area contributed by atoms with E-state index >= 15 is 0 Å². The number of nitrogens with two attached hydrogens (primary N) is 1. The first-order chi connectivity index (χ1) is 14.1. The largest absolute Gasteiger partial charge is 0.399 e. The fraction of sp³-hybridized carbons (Fsp3) is 0.760. The highest BCUT2D eigenvalue weighted by molar-refractivity contribution is 5.58. The average molecular weight is 407 g/mol. The van der Waals surface area contributed by atoms with E-state index in [0.29, 0.717) is 0 Å². The number of aliphatic hydroxyl groups is 2. The number of anilines is 2. The molecule has 1 aromatic rings. The standard InChI is InChI=1S/C25H46N2O2/c1-3-4-5-6-7-8-9-10-11-12-13-14-15-16-25(29)24(20-28)27-23-18-17-22(26)19-21(23)2/h17-19,24-25,27-29H,3-16,20,26H2,1-2H3. The molecular weight excluding hydrogens is 360 g/mol. The lowest BCUT2D eigenvalue weighted by atomic mass is 10.0. The third-order valence-electron chi connectivity index (χ3n) is 5.86. The van der Waals surface area contributed by atoms with Gasteiger partial charge in [0.15, 0.2) is 0 Å². The highest BCUT2D eigenvalue weighted by atomic mass is 16.3. The predicted molar refractivity (Wildman–Crippen MR) is 126 cm³/mol. The van der Waals surface area contributed by atoms with Gasteiger partial charge in [-0.25, -0.2) is 0 Å². The SMILES string of the molecule is CCCCCCCCCCCCCCCC(O)C(CO)Nc1ccc(N)cc1C. The summed E-state index contributed by atoms with van der Waals surface area (Å²) in [6, 6.07) is 5.30. The molecule has 0 spiro atoms. The summed E-state index contributed by atoms with van der Waals surface area (Å²) >= 11 is 0. The fourth-order valence-corrected chi connectivity index (χ4v) is 3.88. The number of benzene rings is 1. The summed E-state index contributed by atoms with van der Waals surface area (Å²) in [5, 5.41) is 23.4. The molecule has 0 aliphatic rings. The number of rotatable bonds is 18. The van der Waals surface area contributed by atoms with Crippen molar-refractivity contribution in [2.75, 3.05) is 17.7 Å². The molecule has 0 fully saturated rings. The van der Waals surface area contributed by atoms with Gasteiger partial charge in [0.2, 0.25) is 0 Å². The van der Waals surface area contributed by atoms with E-state index in [1.54, 1.807) is 0 Å². The third-order valence-corrected chi connectivity index (χ3v) is 5.86. The van der Waals surface area contributed by atoms with E-state index < -0.39 is 6.10 Å². The van der Waals surface area contributed by atoms with E-state index in [4.69, 9.17) is 5.73 Å². The molecule has 0 aliphatic heterocycles. The zero-order valence-electron chi connectivity index (χ0n) is 19.0. The zero-order chi connectivity index (χ0) is 21.3. The van der Waals surface area contributed by atoms with Crippen molar-refractivity contribution in [3.8, 4) is 0 Å². The van der Waals surface area contributed by atoms with Crippen molar-refractivity contribution in [1.82, 2.24) is 0 Å². The lowest BCUT2D eigenvalue weighted by Gasteiger charge is -2.24. The van der Waals surface area contributed by atoms with Crippen molar-refractivity contribution in [3.05, 3.63) is 23.8 Å². The number of hydrogen-bond donors (Lipinski definition) is 4. The number of aliphatic hydroxyl groups excluding tert-OH is 2. The van der Waals surface area contributed by atoms with Gasteiger partial charge >= 0.3 is 0 Å². The summed E-state index contributed by atoms with van der Waals surface area (Å²) in [4.78, 5) is 0. The van der Waals surface area contributed by atoms with Crippen LogP contribution in [0.1, 0.15) is 102 Å².